The van der Waals surface area contributed by atoms with Gasteiger partial charge in [-0.1, -0.05) is 18.2 Å². The third kappa shape index (κ3) is 2.89. The van der Waals surface area contributed by atoms with Crippen LogP contribution in [0.2, 0.25) is 0 Å². The van der Waals surface area contributed by atoms with Crippen LogP contribution in [0.5, 0.6) is 0 Å². The van der Waals surface area contributed by atoms with E-state index in [0.717, 1.165) is 40.0 Å². The fourth-order valence-corrected chi connectivity index (χ4v) is 2.63. The number of carbonyl (C=O) groups excluding carboxylic acids is 1. The Bertz CT molecular complexity index is 861. The molecule has 5 nitrogen and oxygen atoms in total. The van der Waals surface area contributed by atoms with Crippen LogP contribution in [0, 0.1) is 13.8 Å². The molecule has 0 aliphatic carbocycles. The van der Waals surface area contributed by atoms with Crippen molar-refractivity contribution in [2.45, 2.75) is 13.8 Å². The fourth-order valence-electron chi connectivity index (χ4n) is 2.63. The molecule has 0 spiro atoms. The van der Waals surface area contributed by atoms with E-state index < -0.39 is 0 Å². The molecule has 2 aromatic heterocycles. The molecule has 0 unspecified atom stereocenters. The van der Waals surface area contributed by atoms with Crippen LogP contribution in [0.15, 0.2) is 30.3 Å². The van der Waals surface area contributed by atoms with Crippen LogP contribution in [0.4, 0.5) is 0 Å². The van der Waals surface area contributed by atoms with Crippen LogP contribution in [-0.4, -0.2) is 77.2 Å². The second-order valence-corrected chi connectivity index (χ2v) is 4.96. The van der Waals surface area contributed by atoms with Crippen molar-refractivity contribution in [1.29, 1.82) is 0 Å². The van der Waals surface area contributed by atoms with Gasteiger partial charge in [0.1, 0.15) is 6.29 Å². The van der Waals surface area contributed by atoms with Crippen molar-refractivity contribution in [1.82, 2.24) is 19.6 Å². The summed E-state index contributed by atoms with van der Waals surface area (Å²) in [5.41, 5.74) is 3.76. The summed E-state index contributed by atoms with van der Waals surface area (Å²) < 4.78 is 3.67. The number of benzene rings is 1. The predicted molar refractivity (Wildman–Crippen MR) is 89.6 cm³/mol. The Balaban J connectivity index is 0.00000176. The molecule has 0 radical (unpaired) electrons. The van der Waals surface area contributed by atoms with E-state index in [0.29, 0.717) is 0 Å². The molecule has 0 amide bonds. The number of hydrogen-bond donors (Lipinski definition) is 0. The average molecular weight is 320 g/mol. The molecular formula is C16H17KN4O. The summed E-state index contributed by atoms with van der Waals surface area (Å²) in [5.74, 6) is 0.856. The zero-order chi connectivity index (χ0) is 15.0. The molecule has 0 aliphatic heterocycles. The van der Waals surface area contributed by atoms with Gasteiger partial charge in [-0.2, -0.15) is 10.2 Å². The van der Waals surface area contributed by atoms with Crippen molar-refractivity contribution in [3.05, 3.63) is 47.3 Å². The molecule has 0 aliphatic rings. The van der Waals surface area contributed by atoms with Crippen molar-refractivity contribution in [2.75, 3.05) is 0 Å². The molecule has 0 fully saturated rings. The standard InChI is InChI=1S/C16H16N4O.K.H/c1-11-13-7-4-5-9-15(13)20(18-11)16-14(8-6-10-21)12(2)17-19(16)3;;/h4-10H,1-3H3;;/b8-6+;;. The van der Waals surface area contributed by atoms with Crippen LogP contribution >= 0.6 is 0 Å². The van der Waals surface area contributed by atoms with E-state index in [1.165, 1.54) is 6.08 Å². The Labute approximate surface area is 171 Å². The van der Waals surface area contributed by atoms with E-state index in [1.807, 2.05) is 43.8 Å². The van der Waals surface area contributed by atoms with E-state index in [9.17, 15) is 4.79 Å². The molecule has 0 saturated carbocycles. The predicted octanol–water partition coefficient (Wildman–Crippen LogP) is 1.94. The second kappa shape index (κ2) is 7.02. The van der Waals surface area contributed by atoms with Crippen molar-refractivity contribution < 1.29 is 4.79 Å². The molecule has 22 heavy (non-hydrogen) atoms. The molecule has 6 heteroatoms. The topological polar surface area (TPSA) is 52.7 Å². The van der Waals surface area contributed by atoms with Crippen molar-refractivity contribution in [2.24, 2.45) is 7.05 Å². The summed E-state index contributed by atoms with van der Waals surface area (Å²) in [6, 6.07) is 8.08. The first-order valence-electron chi connectivity index (χ1n) is 6.73. The third-order valence-electron chi connectivity index (χ3n) is 3.55. The van der Waals surface area contributed by atoms with Gasteiger partial charge in [0, 0.05) is 18.0 Å². The van der Waals surface area contributed by atoms with Crippen LogP contribution in [0.1, 0.15) is 17.0 Å². The molecular weight excluding hydrogens is 303 g/mol. The molecule has 3 rings (SSSR count). The maximum atomic E-state index is 10.6. The molecule has 0 N–H and O–H groups in total. The molecule has 3 aromatic rings. The van der Waals surface area contributed by atoms with E-state index in [1.54, 1.807) is 10.8 Å². The van der Waals surface area contributed by atoms with E-state index in [-0.39, 0.29) is 51.4 Å². The van der Waals surface area contributed by atoms with Gasteiger partial charge in [0.15, 0.2) is 5.82 Å². The average Bonchev–Trinajstić information content (AvgIpc) is 2.94. The van der Waals surface area contributed by atoms with Crippen LogP contribution in [0.25, 0.3) is 22.8 Å². The summed E-state index contributed by atoms with van der Waals surface area (Å²) in [6.45, 7) is 3.91. The number of aryl methyl sites for hydroxylation is 3. The Morgan fingerprint density at radius 2 is 1.82 bits per heavy atom. The minimum absolute atomic E-state index is 0. The molecule has 1 aromatic carbocycles. The SMILES string of the molecule is Cc1nn(C)c(-n2nc(C)c3ccccc32)c1/C=C/C=O.[KH]. The number of nitrogens with zero attached hydrogens (tertiary/aromatic N) is 4. The quantitative estimate of drug-likeness (QED) is 0.421. The van der Waals surface area contributed by atoms with Gasteiger partial charge in [-0.3, -0.25) is 9.48 Å². The number of aldehydes is 1. The minimum atomic E-state index is 0. The molecule has 0 saturated heterocycles. The summed E-state index contributed by atoms with van der Waals surface area (Å²) in [7, 11) is 1.88. The third-order valence-corrected chi connectivity index (χ3v) is 3.55. The van der Waals surface area contributed by atoms with Gasteiger partial charge in [0.25, 0.3) is 0 Å². The maximum absolute atomic E-state index is 10.6. The molecule has 108 valence electrons. The Hall–Kier alpha value is -1.05. The summed E-state index contributed by atoms with van der Waals surface area (Å²) in [4.78, 5) is 10.6. The van der Waals surface area contributed by atoms with Gasteiger partial charge in [0.05, 0.1) is 16.9 Å². The first kappa shape index (κ1) is 17.3. The van der Waals surface area contributed by atoms with E-state index >= 15 is 0 Å². The number of carbonyl (C=O) groups is 1. The van der Waals surface area contributed by atoms with Crippen LogP contribution in [0.3, 0.4) is 0 Å². The normalized spacial score (nSPS) is 11.0. The molecule has 2 heterocycles. The number of hydrogen-bond acceptors (Lipinski definition) is 3. The number of fused-ring (bicyclic) bond motifs is 1. The van der Waals surface area contributed by atoms with Gasteiger partial charge in [-0.25, -0.2) is 4.68 Å². The number of allylic oxidation sites excluding steroid dienone is 1. The zero-order valence-electron chi connectivity index (χ0n) is 12.2. The van der Waals surface area contributed by atoms with E-state index in [4.69, 9.17) is 0 Å². The monoisotopic (exact) mass is 320 g/mol. The number of para-hydroxylation sites is 1. The van der Waals surface area contributed by atoms with Gasteiger partial charge in [-0.05, 0) is 32.1 Å². The van der Waals surface area contributed by atoms with Crippen LogP contribution < -0.4 is 0 Å². The Morgan fingerprint density at radius 1 is 1.09 bits per heavy atom. The number of aromatic nitrogens is 4. The van der Waals surface area contributed by atoms with Gasteiger partial charge in [0.2, 0.25) is 0 Å². The van der Waals surface area contributed by atoms with Gasteiger partial charge >= 0.3 is 51.4 Å². The fraction of sp³-hybridized carbons (Fsp3) is 0.188. The summed E-state index contributed by atoms with van der Waals surface area (Å²) >= 11 is 0. The molecule has 0 bridgehead atoms. The van der Waals surface area contributed by atoms with Gasteiger partial charge in [-0.15, -0.1) is 0 Å². The Kier molecular flexibility index (Phi) is 5.52. The Morgan fingerprint density at radius 3 is 2.55 bits per heavy atom. The van der Waals surface area contributed by atoms with E-state index in [2.05, 4.69) is 16.3 Å². The van der Waals surface area contributed by atoms with Crippen molar-refractivity contribution in [3.8, 4) is 5.82 Å². The zero-order valence-corrected chi connectivity index (χ0v) is 12.2. The van der Waals surface area contributed by atoms with Crippen molar-refractivity contribution in [3.63, 3.8) is 0 Å². The van der Waals surface area contributed by atoms with Gasteiger partial charge < -0.3 is 0 Å². The van der Waals surface area contributed by atoms with Crippen LogP contribution in [-0.2, 0) is 11.8 Å². The summed E-state index contributed by atoms with van der Waals surface area (Å²) in [6.07, 6.45) is 4.02. The first-order valence-corrected chi connectivity index (χ1v) is 6.73. The summed E-state index contributed by atoms with van der Waals surface area (Å²) in [5, 5.41) is 10.2. The molecule has 0 atom stereocenters. The number of rotatable bonds is 3. The first-order chi connectivity index (χ1) is 10.1. The van der Waals surface area contributed by atoms with Crippen molar-refractivity contribution >= 4 is 74.6 Å². The second-order valence-electron chi connectivity index (χ2n) is 4.96.